The molecule has 0 amide bonds. The van der Waals surface area contributed by atoms with E-state index < -0.39 is 0 Å². The van der Waals surface area contributed by atoms with Crippen molar-refractivity contribution in [3.8, 4) is 0 Å². The van der Waals surface area contributed by atoms with Crippen LogP contribution in [0.5, 0.6) is 0 Å². The molecule has 2 nitrogen and oxygen atoms in total. The van der Waals surface area contributed by atoms with Crippen LogP contribution in [0, 0.1) is 0 Å². The molecule has 18 heavy (non-hydrogen) atoms. The summed E-state index contributed by atoms with van der Waals surface area (Å²) < 4.78 is 1.15. The van der Waals surface area contributed by atoms with Gasteiger partial charge in [0.15, 0.2) is 5.78 Å². The van der Waals surface area contributed by atoms with Crippen LogP contribution in [0.2, 0.25) is 0 Å². The first-order valence-electron chi connectivity index (χ1n) is 6.29. The van der Waals surface area contributed by atoms with Crippen molar-refractivity contribution in [2.45, 2.75) is 33.1 Å². The fourth-order valence-corrected chi connectivity index (χ4v) is 2.85. The second-order valence-electron chi connectivity index (χ2n) is 4.23. The molecule has 3 heteroatoms. The number of para-hydroxylation sites is 1. The predicted octanol–water partition coefficient (Wildman–Crippen LogP) is 4.15. The summed E-state index contributed by atoms with van der Waals surface area (Å²) in [5, 5.41) is 0.906. The van der Waals surface area contributed by atoms with Crippen LogP contribution in [-0.2, 0) is 11.2 Å². The predicted molar refractivity (Wildman–Crippen MR) is 77.0 cm³/mol. The van der Waals surface area contributed by atoms with Gasteiger partial charge in [-0.2, -0.15) is 0 Å². The highest BCUT2D eigenvalue weighted by atomic mass is 32.1. The number of allylic oxidation sites excluding steroid dienone is 2. The van der Waals surface area contributed by atoms with Crippen molar-refractivity contribution in [1.82, 2.24) is 4.98 Å². The zero-order valence-electron chi connectivity index (χ0n) is 10.8. The molecule has 0 aliphatic heterocycles. The van der Waals surface area contributed by atoms with Gasteiger partial charge in [0.1, 0.15) is 5.01 Å². The maximum atomic E-state index is 11.9. The number of fused-ring (bicyclic) bond motifs is 1. The van der Waals surface area contributed by atoms with E-state index in [1.165, 1.54) is 5.57 Å². The molecular weight excluding hydrogens is 242 g/mol. The zero-order valence-corrected chi connectivity index (χ0v) is 11.6. The highest BCUT2D eigenvalue weighted by molar-refractivity contribution is 7.18. The Hall–Kier alpha value is -1.48. The fourth-order valence-electron chi connectivity index (χ4n) is 1.88. The molecular formula is C15H17NOS. The first-order valence-corrected chi connectivity index (χ1v) is 7.11. The molecule has 0 spiro atoms. The van der Waals surface area contributed by atoms with Crippen LogP contribution in [0.15, 0.2) is 35.9 Å². The van der Waals surface area contributed by atoms with E-state index in [1.54, 1.807) is 17.4 Å². The molecule has 0 atom stereocenters. The number of hydrogen-bond donors (Lipinski definition) is 0. The van der Waals surface area contributed by atoms with Crippen molar-refractivity contribution >= 4 is 27.3 Å². The summed E-state index contributed by atoms with van der Waals surface area (Å²) in [7, 11) is 0. The minimum atomic E-state index is 0.160. The molecule has 2 rings (SSSR count). The molecule has 1 heterocycles. The van der Waals surface area contributed by atoms with E-state index in [-0.39, 0.29) is 5.78 Å². The summed E-state index contributed by atoms with van der Waals surface area (Å²) in [6.45, 7) is 4.17. The van der Waals surface area contributed by atoms with Gasteiger partial charge in [-0.05, 0) is 31.1 Å². The van der Waals surface area contributed by atoms with Crippen LogP contribution in [0.1, 0.15) is 31.7 Å². The summed E-state index contributed by atoms with van der Waals surface area (Å²) in [6, 6.07) is 8.00. The molecule has 1 aromatic carbocycles. The summed E-state index contributed by atoms with van der Waals surface area (Å²) in [5.41, 5.74) is 2.20. The molecule has 0 aliphatic rings. The monoisotopic (exact) mass is 259 g/mol. The van der Waals surface area contributed by atoms with Crippen molar-refractivity contribution in [1.29, 1.82) is 0 Å². The van der Waals surface area contributed by atoms with Gasteiger partial charge in [-0.3, -0.25) is 4.79 Å². The van der Waals surface area contributed by atoms with E-state index in [2.05, 4.69) is 18.8 Å². The highest BCUT2D eigenvalue weighted by Gasteiger charge is 2.07. The van der Waals surface area contributed by atoms with Crippen molar-refractivity contribution in [2.24, 2.45) is 0 Å². The number of carbonyl (C=O) groups is 1. The molecule has 1 aromatic heterocycles. The van der Waals surface area contributed by atoms with Gasteiger partial charge in [0, 0.05) is 0 Å². The smallest absolute Gasteiger partial charge is 0.162 e. The number of rotatable bonds is 5. The lowest BCUT2D eigenvalue weighted by Gasteiger charge is -1.98. The maximum Gasteiger partial charge on any atom is 0.162 e. The molecule has 0 N–H and O–H groups in total. The van der Waals surface area contributed by atoms with Crippen LogP contribution in [0.3, 0.4) is 0 Å². The molecule has 0 aliphatic carbocycles. The zero-order chi connectivity index (χ0) is 13.0. The highest BCUT2D eigenvalue weighted by Crippen LogP contribution is 2.22. The van der Waals surface area contributed by atoms with Crippen molar-refractivity contribution in [2.75, 3.05) is 0 Å². The number of aromatic nitrogens is 1. The molecule has 2 aromatic rings. The Labute approximate surface area is 111 Å². The lowest BCUT2D eigenvalue weighted by Crippen LogP contribution is -1.99. The summed E-state index contributed by atoms with van der Waals surface area (Å²) in [4.78, 5) is 16.4. The number of nitrogens with zero attached hydrogens (tertiary/aromatic N) is 1. The van der Waals surface area contributed by atoms with Crippen molar-refractivity contribution in [3.05, 3.63) is 40.9 Å². The topological polar surface area (TPSA) is 30.0 Å². The third kappa shape index (κ3) is 3.05. The number of hydrogen-bond acceptors (Lipinski definition) is 3. The number of carbonyl (C=O) groups excluding carboxylic acids is 1. The fraction of sp³-hybridized carbons (Fsp3) is 0.333. The molecule has 0 bridgehead atoms. The lowest BCUT2D eigenvalue weighted by molar-refractivity contribution is -0.114. The third-order valence-corrected chi connectivity index (χ3v) is 3.97. The van der Waals surface area contributed by atoms with Gasteiger partial charge < -0.3 is 0 Å². The average Bonchev–Trinajstić information content (AvgIpc) is 2.77. The van der Waals surface area contributed by atoms with Gasteiger partial charge in [-0.15, -0.1) is 11.3 Å². The molecule has 0 unspecified atom stereocenters. The van der Waals surface area contributed by atoms with Crippen LogP contribution in [0.25, 0.3) is 10.2 Å². The van der Waals surface area contributed by atoms with E-state index in [0.29, 0.717) is 6.42 Å². The standard InChI is InChI=1S/C15H17NOS/c1-3-11(4-2)9-12(17)10-15-16-13-7-5-6-8-14(13)18-15/h5-9H,3-4,10H2,1-2H3. The number of thiazole rings is 1. The minimum absolute atomic E-state index is 0.160. The quantitative estimate of drug-likeness (QED) is 0.755. The molecule has 0 saturated carbocycles. The van der Waals surface area contributed by atoms with Crippen LogP contribution in [-0.4, -0.2) is 10.8 Å². The van der Waals surface area contributed by atoms with Crippen LogP contribution < -0.4 is 0 Å². The van der Waals surface area contributed by atoms with Gasteiger partial charge >= 0.3 is 0 Å². The van der Waals surface area contributed by atoms with Crippen molar-refractivity contribution < 1.29 is 4.79 Å². The summed E-state index contributed by atoms with van der Waals surface area (Å²) >= 11 is 1.61. The average molecular weight is 259 g/mol. The molecule has 0 radical (unpaired) electrons. The van der Waals surface area contributed by atoms with Crippen LogP contribution >= 0.6 is 11.3 Å². The minimum Gasteiger partial charge on any atom is -0.294 e. The van der Waals surface area contributed by atoms with Crippen molar-refractivity contribution in [3.63, 3.8) is 0 Å². The lowest BCUT2D eigenvalue weighted by atomic mass is 10.1. The third-order valence-electron chi connectivity index (χ3n) is 2.94. The normalized spacial score (nSPS) is 10.6. The summed E-state index contributed by atoms with van der Waals surface area (Å²) in [6.07, 6.45) is 4.10. The van der Waals surface area contributed by atoms with E-state index in [9.17, 15) is 4.79 Å². The first-order chi connectivity index (χ1) is 8.72. The van der Waals surface area contributed by atoms with Gasteiger partial charge in [-0.25, -0.2) is 4.98 Å². The Kier molecular flexibility index (Phi) is 4.26. The Morgan fingerprint density at radius 2 is 2.00 bits per heavy atom. The van der Waals surface area contributed by atoms with Gasteiger partial charge in [0.05, 0.1) is 16.6 Å². The van der Waals surface area contributed by atoms with Gasteiger partial charge in [-0.1, -0.05) is 31.6 Å². The first kappa shape index (κ1) is 13.0. The molecule has 0 saturated heterocycles. The van der Waals surface area contributed by atoms with E-state index in [1.807, 2.05) is 24.3 Å². The largest absolute Gasteiger partial charge is 0.294 e. The Morgan fingerprint density at radius 1 is 1.28 bits per heavy atom. The maximum absolute atomic E-state index is 11.9. The second kappa shape index (κ2) is 5.91. The van der Waals surface area contributed by atoms with Gasteiger partial charge in [0.2, 0.25) is 0 Å². The van der Waals surface area contributed by atoms with E-state index in [4.69, 9.17) is 0 Å². The summed E-state index contributed by atoms with van der Waals surface area (Å²) in [5.74, 6) is 0.160. The Morgan fingerprint density at radius 3 is 2.67 bits per heavy atom. The van der Waals surface area contributed by atoms with E-state index in [0.717, 1.165) is 28.1 Å². The second-order valence-corrected chi connectivity index (χ2v) is 5.34. The number of benzene rings is 1. The van der Waals surface area contributed by atoms with E-state index >= 15 is 0 Å². The molecule has 94 valence electrons. The Balaban J connectivity index is 2.14. The van der Waals surface area contributed by atoms with Crippen LogP contribution in [0.4, 0.5) is 0 Å². The SMILES string of the molecule is CCC(=CC(=O)Cc1nc2ccccc2s1)CC. The molecule has 0 fully saturated rings. The van der Waals surface area contributed by atoms with Gasteiger partial charge in [0.25, 0.3) is 0 Å². The Bertz CT molecular complexity index is 544. The number of ketones is 1.